The van der Waals surface area contributed by atoms with Crippen molar-refractivity contribution >= 4 is 67.0 Å². The van der Waals surface area contributed by atoms with E-state index < -0.39 is 10.2 Å². The van der Waals surface area contributed by atoms with Crippen molar-refractivity contribution in [2.45, 2.75) is 6.42 Å². The first-order valence-corrected chi connectivity index (χ1v) is 11.4. The van der Waals surface area contributed by atoms with E-state index in [-0.39, 0.29) is 12.5 Å². The molecule has 0 radical (unpaired) electrons. The van der Waals surface area contributed by atoms with Gasteiger partial charge in [-0.05, 0) is 18.1 Å². The molecule has 1 amide bonds. The second-order valence-electron chi connectivity index (χ2n) is 6.73. The highest BCUT2D eigenvalue weighted by atomic mass is 32.2. The van der Waals surface area contributed by atoms with Crippen LogP contribution in [0.2, 0.25) is 0 Å². The van der Waals surface area contributed by atoms with E-state index in [1.54, 1.807) is 18.5 Å². The van der Waals surface area contributed by atoms with Gasteiger partial charge < -0.3 is 9.73 Å². The molecule has 11 heteroatoms. The highest BCUT2D eigenvalue weighted by molar-refractivity contribution is 8.26. The molecule has 0 spiro atoms. The number of furan rings is 1. The van der Waals surface area contributed by atoms with Gasteiger partial charge >= 0.3 is 0 Å². The molecule has 0 atom stereocenters. The van der Waals surface area contributed by atoms with Gasteiger partial charge in [-0.2, -0.15) is 17.0 Å². The Morgan fingerprint density at radius 1 is 1.38 bits per heavy atom. The number of carbonyl (C=O) groups excluding carboxylic acids is 1. The molecule has 29 heavy (non-hydrogen) atoms. The van der Waals surface area contributed by atoms with Gasteiger partial charge in [0.25, 0.3) is 16.1 Å². The molecule has 2 aromatic heterocycles. The molecule has 2 aliphatic heterocycles. The van der Waals surface area contributed by atoms with Crippen molar-refractivity contribution in [1.82, 2.24) is 18.9 Å². The Morgan fingerprint density at radius 3 is 2.79 bits per heavy atom. The van der Waals surface area contributed by atoms with E-state index in [2.05, 4.69) is 10.3 Å². The summed E-state index contributed by atoms with van der Waals surface area (Å²) >= 11 is 6.20. The topological polar surface area (TPSA) is 95.8 Å². The number of thioether (sulfide) groups is 1. The summed E-state index contributed by atoms with van der Waals surface area (Å²) in [6, 6.07) is 1.82. The summed E-state index contributed by atoms with van der Waals surface area (Å²) in [7, 11) is -0.399. The number of hydrogen-bond acceptors (Lipinski definition) is 7. The lowest BCUT2D eigenvalue weighted by Crippen LogP contribution is -2.42. The molecule has 4 rings (SSSR count). The molecule has 0 bridgehead atoms. The van der Waals surface area contributed by atoms with E-state index in [0.717, 1.165) is 16.5 Å². The number of amides is 1. The molecule has 2 aromatic rings. The largest absolute Gasteiger partial charge is 0.456 e. The molecule has 2 aliphatic rings. The average Bonchev–Trinajstić information content (AvgIpc) is 3.23. The Labute approximate surface area is 177 Å². The summed E-state index contributed by atoms with van der Waals surface area (Å²) in [5.74, 6) is 0.292. The van der Waals surface area contributed by atoms with Crippen molar-refractivity contribution in [2.24, 2.45) is 0 Å². The molecule has 152 valence electrons. The fraction of sp³-hybridized carbons (Fsp3) is 0.278. The third-order valence-electron chi connectivity index (χ3n) is 4.66. The van der Waals surface area contributed by atoms with Crippen LogP contribution in [-0.4, -0.2) is 59.4 Å². The zero-order chi connectivity index (χ0) is 20.8. The quantitative estimate of drug-likeness (QED) is 0.564. The number of thiocarbonyl (C=S) groups is 1. The van der Waals surface area contributed by atoms with E-state index >= 15 is 0 Å². The van der Waals surface area contributed by atoms with Gasteiger partial charge in [0, 0.05) is 56.6 Å². The molecular weight excluding hydrogens is 432 g/mol. The smallest absolute Gasteiger partial charge is 0.281 e. The summed E-state index contributed by atoms with van der Waals surface area (Å²) in [4.78, 5) is 16.6. The van der Waals surface area contributed by atoms with Crippen molar-refractivity contribution in [2.75, 3.05) is 27.2 Å². The molecule has 0 saturated carbocycles. The van der Waals surface area contributed by atoms with E-state index in [9.17, 15) is 13.2 Å². The first kappa shape index (κ1) is 20.2. The van der Waals surface area contributed by atoms with Gasteiger partial charge in [0.1, 0.15) is 15.7 Å². The highest BCUT2D eigenvalue weighted by Gasteiger charge is 2.27. The van der Waals surface area contributed by atoms with E-state index in [1.807, 2.05) is 12.1 Å². The maximum atomic E-state index is 12.3. The summed E-state index contributed by atoms with van der Waals surface area (Å²) in [5.41, 5.74) is 2.47. The zero-order valence-corrected chi connectivity index (χ0v) is 18.2. The van der Waals surface area contributed by atoms with Crippen LogP contribution in [0.1, 0.15) is 17.7 Å². The number of fused-ring (bicyclic) bond motifs is 1. The Balaban J connectivity index is 1.65. The van der Waals surface area contributed by atoms with Crippen LogP contribution in [0.3, 0.4) is 0 Å². The third kappa shape index (κ3) is 3.88. The van der Waals surface area contributed by atoms with Crippen LogP contribution in [-0.2, 0) is 15.0 Å². The van der Waals surface area contributed by atoms with Gasteiger partial charge in [0.15, 0.2) is 0 Å². The summed E-state index contributed by atoms with van der Waals surface area (Å²) in [5, 5.41) is 3.38. The fourth-order valence-corrected chi connectivity index (χ4v) is 5.24. The molecule has 1 N–H and O–H groups in total. The molecule has 8 nitrogen and oxygen atoms in total. The van der Waals surface area contributed by atoms with E-state index in [0.29, 0.717) is 33.5 Å². The number of aromatic nitrogens is 1. The lowest BCUT2D eigenvalue weighted by atomic mass is 10.0. The molecule has 0 unspecified atom stereocenters. The van der Waals surface area contributed by atoms with Crippen molar-refractivity contribution in [3.63, 3.8) is 0 Å². The predicted molar refractivity (Wildman–Crippen MR) is 117 cm³/mol. The molecular formula is C18H18N4O4S3. The second-order valence-corrected chi connectivity index (χ2v) is 10.6. The third-order valence-corrected chi connectivity index (χ3v) is 7.73. The summed E-state index contributed by atoms with van der Waals surface area (Å²) in [6.07, 6.45) is 7.52. The maximum absolute atomic E-state index is 12.3. The van der Waals surface area contributed by atoms with Crippen molar-refractivity contribution in [1.29, 1.82) is 0 Å². The van der Waals surface area contributed by atoms with Crippen LogP contribution < -0.4 is 5.32 Å². The monoisotopic (exact) mass is 450 g/mol. The fourth-order valence-electron chi connectivity index (χ4n) is 3.17. The standard InChI is InChI=1S/C18H18N4O4S3/c1-21(2)29(24,25)22-5-3-11(4-6-22)14-10-19-9-12-7-13(26-16(12)14)8-15-17(23)20-18(27)28-15/h3,7-10H,4-6H2,1-2H3,(H,20,23,27). The first-order chi connectivity index (χ1) is 13.8. The van der Waals surface area contributed by atoms with Gasteiger partial charge in [-0.25, -0.2) is 0 Å². The minimum atomic E-state index is -3.44. The van der Waals surface area contributed by atoms with E-state index in [1.165, 1.54) is 34.5 Å². The number of pyridine rings is 1. The molecule has 0 aromatic carbocycles. The van der Waals surface area contributed by atoms with Gasteiger partial charge in [0.2, 0.25) is 0 Å². The van der Waals surface area contributed by atoms with Crippen molar-refractivity contribution in [3.8, 4) is 0 Å². The normalized spacial score (nSPS) is 20.0. The lowest BCUT2D eigenvalue weighted by Gasteiger charge is -2.28. The Kier molecular flexibility index (Phi) is 5.34. The maximum Gasteiger partial charge on any atom is 0.281 e. The van der Waals surface area contributed by atoms with Crippen LogP contribution >= 0.6 is 24.0 Å². The molecule has 1 fully saturated rings. The average molecular weight is 451 g/mol. The van der Waals surface area contributed by atoms with Crippen LogP contribution in [0.15, 0.2) is 33.9 Å². The van der Waals surface area contributed by atoms with Gasteiger partial charge in [0.05, 0.1) is 4.91 Å². The number of rotatable bonds is 4. The zero-order valence-electron chi connectivity index (χ0n) is 15.7. The van der Waals surface area contributed by atoms with Crippen LogP contribution in [0, 0.1) is 0 Å². The van der Waals surface area contributed by atoms with Gasteiger partial charge in [-0.15, -0.1) is 0 Å². The summed E-state index contributed by atoms with van der Waals surface area (Å²) in [6.45, 7) is 0.673. The predicted octanol–water partition coefficient (Wildman–Crippen LogP) is 2.21. The minimum Gasteiger partial charge on any atom is -0.456 e. The van der Waals surface area contributed by atoms with Crippen molar-refractivity contribution < 1.29 is 17.6 Å². The van der Waals surface area contributed by atoms with Crippen molar-refractivity contribution in [3.05, 3.63) is 40.8 Å². The van der Waals surface area contributed by atoms with Crippen LogP contribution in [0.5, 0.6) is 0 Å². The van der Waals surface area contributed by atoms with Crippen LogP contribution in [0.4, 0.5) is 0 Å². The highest BCUT2D eigenvalue weighted by Crippen LogP contribution is 2.33. The first-order valence-electron chi connectivity index (χ1n) is 8.75. The second kappa shape index (κ2) is 7.65. The van der Waals surface area contributed by atoms with Crippen LogP contribution in [0.25, 0.3) is 22.6 Å². The number of hydrogen-bond donors (Lipinski definition) is 1. The number of nitrogens with one attached hydrogen (secondary N) is 1. The molecule has 0 aliphatic carbocycles. The Morgan fingerprint density at radius 2 is 2.17 bits per heavy atom. The molecule has 4 heterocycles. The minimum absolute atomic E-state index is 0.240. The Bertz CT molecular complexity index is 1180. The van der Waals surface area contributed by atoms with E-state index in [4.69, 9.17) is 16.6 Å². The molecule has 1 saturated heterocycles. The van der Waals surface area contributed by atoms with Gasteiger partial charge in [-0.1, -0.05) is 30.1 Å². The number of carbonyl (C=O) groups is 1. The number of nitrogens with zero attached hydrogens (tertiary/aromatic N) is 3. The SMILES string of the molecule is CN(C)S(=O)(=O)N1CC=C(c2cncc3cc(C=C4SC(=S)NC4=O)oc23)CC1. The van der Waals surface area contributed by atoms with Gasteiger partial charge in [-0.3, -0.25) is 9.78 Å². The Hall–Kier alpha value is -2.05. The summed E-state index contributed by atoms with van der Waals surface area (Å²) < 4.78 is 33.7. The lowest BCUT2D eigenvalue weighted by molar-refractivity contribution is -0.115.